The van der Waals surface area contributed by atoms with Crippen LogP contribution in [0.5, 0.6) is 0 Å². The number of thiazole rings is 2. The first-order chi connectivity index (χ1) is 13.1. The molecule has 4 rings (SSSR count). The number of halogens is 1. The lowest BCUT2D eigenvalue weighted by Gasteiger charge is -1.99. The fourth-order valence-electron chi connectivity index (χ4n) is 2.29. The van der Waals surface area contributed by atoms with Crippen molar-refractivity contribution in [1.82, 2.24) is 9.97 Å². The standard InChI is InChI=1S/C17H11ClN4O2S3/c18-9-3-4-11-13(6-9)27-17(20-11)21-14(23)7-10-8-26-16(19-10)22-15(24)12-2-1-5-25-12/h1-6,8H,7H2,(H,19,22,24)(H,20,21,23). The van der Waals surface area contributed by atoms with Gasteiger partial charge in [0.15, 0.2) is 10.3 Å². The third kappa shape index (κ3) is 4.33. The molecule has 2 N–H and O–H groups in total. The molecule has 0 fully saturated rings. The minimum Gasteiger partial charge on any atom is -0.302 e. The number of aromatic nitrogens is 2. The van der Waals surface area contributed by atoms with E-state index < -0.39 is 0 Å². The van der Waals surface area contributed by atoms with Gasteiger partial charge in [0.2, 0.25) is 5.91 Å². The molecular formula is C17H11ClN4O2S3. The van der Waals surface area contributed by atoms with Gasteiger partial charge in [0.1, 0.15) is 0 Å². The van der Waals surface area contributed by atoms with E-state index in [1.807, 2.05) is 23.6 Å². The topological polar surface area (TPSA) is 84.0 Å². The molecule has 0 saturated carbocycles. The maximum absolute atomic E-state index is 12.3. The van der Waals surface area contributed by atoms with Crippen molar-refractivity contribution in [2.24, 2.45) is 0 Å². The Morgan fingerprint density at radius 2 is 1.96 bits per heavy atom. The molecule has 4 aromatic rings. The highest BCUT2D eigenvalue weighted by molar-refractivity contribution is 7.22. The summed E-state index contributed by atoms with van der Waals surface area (Å²) in [6.45, 7) is 0. The zero-order chi connectivity index (χ0) is 18.8. The number of thiophene rings is 1. The van der Waals surface area contributed by atoms with E-state index in [4.69, 9.17) is 11.6 Å². The van der Waals surface area contributed by atoms with Crippen LogP contribution in [-0.4, -0.2) is 21.8 Å². The van der Waals surface area contributed by atoms with E-state index in [0.29, 0.717) is 25.9 Å². The molecule has 3 heterocycles. The molecule has 0 bridgehead atoms. The Morgan fingerprint density at radius 1 is 1.07 bits per heavy atom. The molecule has 0 radical (unpaired) electrons. The first kappa shape index (κ1) is 18.1. The fourth-order valence-corrected chi connectivity index (χ4v) is 4.77. The predicted octanol–water partition coefficient (Wildman–Crippen LogP) is 4.90. The van der Waals surface area contributed by atoms with Gasteiger partial charge in [-0.25, -0.2) is 9.97 Å². The molecule has 10 heteroatoms. The van der Waals surface area contributed by atoms with Gasteiger partial charge < -0.3 is 5.32 Å². The Labute approximate surface area is 170 Å². The first-order valence-electron chi connectivity index (χ1n) is 7.72. The molecule has 0 aliphatic carbocycles. The highest BCUT2D eigenvalue weighted by Crippen LogP contribution is 2.28. The van der Waals surface area contributed by atoms with E-state index in [0.717, 1.165) is 10.2 Å². The van der Waals surface area contributed by atoms with Crippen molar-refractivity contribution >= 4 is 77.9 Å². The van der Waals surface area contributed by atoms with Gasteiger partial charge in [-0.15, -0.1) is 22.7 Å². The van der Waals surface area contributed by atoms with E-state index in [2.05, 4.69) is 20.6 Å². The predicted molar refractivity (Wildman–Crippen MR) is 111 cm³/mol. The van der Waals surface area contributed by atoms with Crippen LogP contribution in [0.15, 0.2) is 41.1 Å². The van der Waals surface area contributed by atoms with Crippen LogP contribution in [0.1, 0.15) is 15.4 Å². The van der Waals surface area contributed by atoms with Crippen molar-refractivity contribution < 1.29 is 9.59 Å². The molecule has 27 heavy (non-hydrogen) atoms. The molecule has 3 aromatic heterocycles. The van der Waals surface area contributed by atoms with E-state index >= 15 is 0 Å². The highest BCUT2D eigenvalue weighted by atomic mass is 35.5. The summed E-state index contributed by atoms with van der Waals surface area (Å²) in [5.74, 6) is -0.426. The second-order valence-electron chi connectivity index (χ2n) is 5.43. The molecule has 1 aromatic carbocycles. The summed E-state index contributed by atoms with van der Waals surface area (Å²) in [5, 5.41) is 10.7. The highest BCUT2D eigenvalue weighted by Gasteiger charge is 2.13. The molecular weight excluding hydrogens is 424 g/mol. The largest absolute Gasteiger partial charge is 0.302 e. The third-order valence-corrected chi connectivity index (χ3v) is 6.30. The zero-order valence-electron chi connectivity index (χ0n) is 13.6. The summed E-state index contributed by atoms with van der Waals surface area (Å²) in [5.41, 5.74) is 1.37. The minimum atomic E-state index is -0.221. The Bertz CT molecular complexity index is 1120. The number of rotatable bonds is 5. The number of hydrogen-bond acceptors (Lipinski definition) is 7. The zero-order valence-corrected chi connectivity index (χ0v) is 16.8. The van der Waals surface area contributed by atoms with Gasteiger partial charge in [0, 0.05) is 10.4 Å². The van der Waals surface area contributed by atoms with Gasteiger partial charge in [0.25, 0.3) is 5.91 Å². The van der Waals surface area contributed by atoms with Crippen molar-refractivity contribution in [2.75, 3.05) is 10.6 Å². The lowest BCUT2D eigenvalue weighted by molar-refractivity contribution is -0.115. The molecule has 0 aliphatic heterocycles. The monoisotopic (exact) mass is 434 g/mol. The number of anilines is 2. The van der Waals surface area contributed by atoms with Gasteiger partial charge in [-0.3, -0.25) is 14.9 Å². The number of fused-ring (bicyclic) bond motifs is 1. The van der Waals surface area contributed by atoms with E-state index in [1.165, 1.54) is 34.0 Å². The number of nitrogens with zero attached hydrogens (tertiary/aromatic N) is 2. The average Bonchev–Trinajstić information content (AvgIpc) is 3.35. The van der Waals surface area contributed by atoms with Crippen LogP contribution in [-0.2, 0) is 11.2 Å². The quantitative estimate of drug-likeness (QED) is 0.467. The Kier molecular flexibility index (Phi) is 5.17. The normalized spacial score (nSPS) is 10.9. The lowest BCUT2D eigenvalue weighted by atomic mass is 10.3. The van der Waals surface area contributed by atoms with Crippen LogP contribution >= 0.6 is 45.6 Å². The second kappa shape index (κ2) is 7.73. The average molecular weight is 435 g/mol. The summed E-state index contributed by atoms with van der Waals surface area (Å²) >= 11 is 9.97. The van der Waals surface area contributed by atoms with Gasteiger partial charge in [-0.2, -0.15) is 0 Å². The molecule has 0 spiro atoms. The second-order valence-corrected chi connectivity index (χ2v) is 8.70. The van der Waals surface area contributed by atoms with Crippen molar-refractivity contribution in [2.45, 2.75) is 6.42 Å². The molecule has 136 valence electrons. The number of amides is 2. The van der Waals surface area contributed by atoms with Gasteiger partial charge in [0.05, 0.1) is 27.2 Å². The van der Waals surface area contributed by atoms with Crippen molar-refractivity contribution in [3.8, 4) is 0 Å². The van der Waals surface area contributed by atoms with Crippen LogP contribution in [0.2, 0.25) is 5.02 Å². The lowest BCUT2D eigenvalue weighted by Crippen LogP contribution is -2.14. The SMILES string of the molecule is O=C(Cc1csc(NC(=O)c2cccs2)n1)Nc1nc2ccc(Cl)cc2s1. The molecule has 0 atom stereocenters. The van der Waals surface area contributed by atoms with Crippen molar-refractivity contribution in [1.29, 1.82) is 0 Å². The first-order valence-corrected chi connectivity index (χ1v) is 10.7. The summed E-state index contributed by atoms with van der Waals surface area (Å²) in [7, 11) is 0. The van der Waals surface area contributed by atoms with Crippen LogP contribution in [0.4, 0.5) is 10.3 Å². The maximum atomic E-state index is 12.3. The molecule has 0 aliphatic rings. The van der Waals surface area contributed by atoms with Crippen LogP contribution < -0.4 is 10.6 Å². The smallest absolute Gasteiger partial charge is 0.267 e. The Balaban J connectivity index is 1.38. The molecule has 0 saturated heterocycles. The minimum absolute atomic E-state index is 0.0993. The summed E-state index contributed by atoms with van der Waals surface area (Å²) in [6, 6.07) is 8.94. The van der Waals surface area contributed by atoms with Crippen LogP contribution in [0, 0.1) is 0 Å². The van der Waals surface area contributed by atoms with E-state index in [9.17, 15) is 9.59 Å². The van der Waals surface area contributed by atoms with Crippen LogP contribution in [0.3, 0.4) is 0 Å². The molecule has 0 unspecified atom stereocenters. The number of hydrogen-bond donors (Lipinski definition) is 2. The van der Waals surface area contributed by atoms with Crippen LogP contribution in [0.25, 0.3) is 10.2 Å². The number of benzene rings is 1. The van der Waals surface area contributed by atoms with Crippen molar-refractivity contribution in [3.05, 3.63) is 56.7 Å². The van der Waals surface area contributed by atoms with Gasteiger partial charge >= 0.3 is 0 Å². The summed E-state index contributed by atoms with van der Waals surface area (Å²) in [4.78, 5) is 33.5. The number of carbonyl (C=O) groups is 2. The summed E-state index contributed by atoms with van der Waals surface area (Å²) < 4.78 is 0.907. The van der Waals surface area contributed by atoms with E-state index in [1.54, 1.807) is 17.5 Å². The maximum Gasteiger partial charge on any atom is 0.267 e. The number of carbonyl (C=O) groups excluding carboxylic acids is 2. The van der Waals surface area contributed by atoms with Crippen molar-refractivity contribution in [3.63, 3.8) is 0 Å². The summed E-state index contributed by atoms with van der Waals surface area (Å²) in [6.07, 6.45) is 0.0993. The Hall–Kier alpha value is -2.33. The Morgan fingerprint density at radius 3 is 2.78 bits per heavy atom. The van der Waals surface area contributed by atoms with Gasteiger partial charge in [-0.05, 0) is 29.6 Å². The van der Waals surface area contributed by atoms with Gasteiger partial charge in [-0.1, -0.05) is 29.0 Å². The molecule has 6 nitrogen and oxygen atoms in total. The fraction of sp³-hybridized carbons (Fsp3) is 0.0588. The van der Waals surface area contributed by atoms with E-state index in [-0.39, 0.29) is 18.2 Å². The third-order valence-electron chi connectivity index (χ3n) is 3.46. The number of nitrogens with one attached hydrogen (secondary N) is 2. The molecule has 2 amide bonds.